The minimum atomic E-state index is -4.39. The first-order chi connectivity index (χ1) is 7.92. The first-order valence-electron chi connectivity index (χ1n) is 4.76. The van der Waals surface area contributed by atoms with E-state index in [-0.39, 0.29) is 24.7 Å². The lowest BCUT2D eigenvalue weighted by molar-refractivity contribution is -0.177. The van der Waals surface area contributed by atoms with Crippen LogP contribution in [0.25, 0.3) is 0 Å². The number of nitrogens with two attached hydrogens (primary N) is 1. The number of hydrogen-bond acceptors (Lipinski definition) is 6. The third-order valence-electron chi connectivity index (χ3n) is 1.74. The zero-order valence-corrected chi connectivity index (χ0v) is 8.78. The molecular formula is C8H12F3N3O3. The van der Waals surface area contributed by atoms with E-state index in [4.69, 9.17) is 15.4 Å². The van der Waals surface area contributed by atoms with Crippen LogP contribution in [-0.2, 0) is 11.3 Å². The number of aliphatic hydroxyl groups is 1. The lowest BCUT2D eigenvalue weighted by Crippen LogP contribution is -2.17. The zero-order chi connectivity index (χ0) is 12.9. The van der Waals surface area contributed by atoms with Gasteiger partial charge in [-0.3, -0.25) is 0 Å². The monoisotopic (exact) mass is 255 g/mol. The highest BCUT2D eigenvalue weighted by Crippen LogP contribution is 2.16. The third kappa shape index (κ3) is 5.11. The average Bonchev–Trinajstić information content (AvgIpc) is 2.65. The predicted octanol–water partition coefficient (Wildman–Crippen LogP) is 0.531. The number of halogens is 3. The quantitative estimate of drug-likeness (QED) is 0.770. The second-order valence-corrected chi connectivity index (χ2v) is 3.28. The molecule has 0 saturated heterocycles. The summed E-state index contributed by atoms with van der Waals surface area (Å²) in [6, 6.07) is -0.635. The number of nitrogens with zero attached hydrogens (tertiary/aromatic N) is 2. The van der Waals surface area contributed by atoms with Crippen LogP contribution in [0.2, 0.25) is 0 Å². The van der Waals surface area contributed by atoms with Gasteiger partial charge in [0.1, 0.15) is 13.2 Å². The van der Waals surface area contributed by atoms with Crippen LogP contribution < -0.4 is 5.73 Å². The molecule has 1 heterocycles. The van der Waals surface area contributed by atoms with E-state index < -0.39 is 25.4 Å². The Bertz CT molecular complexity index is 342. The summed E-state index contributed by atoms with van der Waals surface area (Å²) in [5.41, 5.74) is 5.54. The van der Waals surface area contributed by atoms with Crippen molar-refractivity contribution in [1.82, 2.24) is 10.1 Å². The summed E-state index contributed by atoms with van der Waals surface area (Å²) in [5.74, 6) is 0.0438. The highest BCUT2D eigenvalue weighted by molar-refractivity contribution is 4.90. The summed E-state index contributed by atoms with van der Waals surface area (Å²) in [5, 5.41) is 12.0. The lowest BCUT2D eigenvalue weighted by Gasteiger charge is -2.04. The summed E-state index contributed by atoms with van der Waals surface area (Å²) in [4.78, 5) is 3.74. The van der Waals surface area contributed by atoms with E-state index >= 15 is 0 Å². The van der Waals surface area contributed by atoms with Crippen LogP contribution >= 0.6 is 0 Å². The second kappa shape index (κ2) is 5.94. The van der Waals surface area contributed by atoms with Crippen LogP contribution in [0.15, 0.2) is 4.52 Å². The van der Waals surface area contributed by atoms with E-state index in [9.17, 15) is 13.2 Å². The SMILES string of the molecule is NC(CCO)c1nc(COCC(F)(F)F)no1. The Labute approximate surface area is 94.6 Å². The fraction of sp³-hybridized carbons (Fsp3) is 0.750. The number of aromatic nitrogens is 2. The van der Waals surface area contributed by atoms with Gasteiger partial charge in [0.2, 0.25) is 5.89 Å². The van der Waals surface area contributed by atoms with Crippen molar-refractivity contribution >= 4 is 0 Å². The van der Waals surface area contributed by atoms with Crippen molar-refractivity contribution in [2.75, 3.05) is 13.2 Å². The number of rotatable bonds is 6. The van der Waals surface area contributed by atoms with Gasteiger partial charge >= 0.3 is 6.18 Å². The lowest BCUT2D eigenvalue weighted by atomic mass is 10.2. The fourth-order valence-corrected chi connectivity index (χ4v) is 0.997. The topological polar surface area (TPSA) is 94.4 Å². The normalized spacial score (nSPS) is 13.9. The summed E-state index contributed by atoms with van der Waals surface area (Å²) in [7, 11) is 0. The molecule has 17 heavy (non-hydrogen) atoms. The standard InChI is InChI=1S/C8H12F3N3O3/c9-8(10,11)4-16-3-6-13-7(17-14-6)5(12)1-2-15/h5,15H,1-4,12H2. The van der Waals surface area contributed by atoms with Gasteiger partial charge in [-0.05, 0) is 6.42 Å². The minimum Gasteiger partial charge on any atom is -0.396 e. The molecule has 0 amide bonds. The van der Waals surface area contributed by atoms with Gasteiger partial charge in [0, 0.05) is 6.61 Å². The largest absolute Gasteiger partial charge is 0.411 e. The first-order valence-corrected chi connectivity index (χ1v) is 4.76. The van der Waals surface area contributed by atoms with E-state index in [1.165, 1.54) is 0 Å². The van der Waals surface area contributed by atoms with E-state index in [1.807, 2.05) is 0 Å². The highest BCUT2D eigenvalue weighted by atomic mass is 19.4. The van der Waals surface area contributed by atoms with Crippen LogP contribution in [0.5, 0.6) is 0 Å². The van der Waals surface area contributed by atoms with Crippen molar-refractivity contribution in [2.45, 2.75) is 25.2 Å². The van der Waals surface area contributed by atoms with E-state index in [0.29, 0.717) is 0 Å². The molecule has 0 fully saturated rings. The molecule has 1 atom stereocenters. The minimum absolute atomic E-state index is 0.0161. The second-order valence-electron chi connectivity index (χ2n) is 3.28. The summed E-state index contributed by atoms with van der Waals surface area (Å²) in [6.45, 7) is -1.93. The maximum absolute atomic E-state index is 11.8. The number of alkyl halides is 3. The molecular weight excluding hydrogens is 243 g/mol. The van der Waals surface area contributed by atoms with Gasteiger partial charge < -0.3 is 20.1 Å². The maximum atomic E-state index is 11.8. The van der Waals surface area contributed by atoms with Gasteiger partial charge in [0.25, 0.3) is 0 Å². The van der Waals surface area contributed by atoms with Crippen molar-refractivity contribution in [1.29, 1.82) is 0 Å². The molecule has 1 rings (SSSR count). The Hall–Kier alpha value is -1.19. The molecule has 1 aromatic heterocycles. The predicted molar refractivity (Wildman–Crippen MR) is 48.6 cm³/mol. The summed E-state index contributed by atoms with van der Waals surface area (Å²) < 4.78 is 44.3. The Balaban J connectivity index is 2.40. The Morgan fingerprint density at radius 3 is 2.76 bits per heavy atom. The van der Waals surface area contributed by atoms with Crippen molar-refractivity contribution in [3.8, 4) is 0 Å². The Kier molecular flexibility index (Phi) is 4.85. The summed E-state index contributed by atoms with van der Waals surface area (Å²) in [6.07, 6.45) is -4.16. The molecule has 0 bridgehead atoms. The van der Waals surface area contributed by atoms with Crippen molar-refractivity contribution in [3.63, 3.8) is 0 Å². The van der Waals surface area contributed by atoms with Crippen molar-refractivity contribution < 1.29 is 27.5 Å². The molecule has 6 nitrogen and oxygen atoms in total. The molecule has 9 heteroatoms. The smallest absolute Gasteiger partial charge is 0.396 e. The molecule has 0 aliphatic carbocycles. The first kappa shape index (κ1) is 13.9. The Morgan fingerprint density at radius 1 is 1.47 bits per heavy atom. The zero-order valence-electron chi connectivity index (χ0n) is 8.78. The van der Waals surface area contributed by atoms with Crippen LogP contribution in [0.4, 0.5) is 13.2 Å². The van der Waals surface area contributed by atoms with Crippen molar-refractivity contribution in [2.24, 2.45) is 5.73 Å². The van der Waals surface area contributed by atoms with Gasteiger partial charge in [-0.2, -0.15) is 18.2 Å². The van der Waals surface area contributed by atoms with Gasteiger partial charge in [-0.25, -0.2) is 0 Å². The number of hydrogen-bond donors (Lipinski definition) is 2. The Morgan fingerprint density at radius 2 is 2.18 bits per heavy atom. The average molecular weight is 255 g/mol. The van der Waals surface area contributed by atoms with Crippen LogP contribution in [0.3, 0.4) is 0 Å². The number of ether oxygens (including phenoxy) is 1. The molecule has 0 aromatic carbocycles. The third-order valence-corrected chi connectivity index (χ3v) is 1.74. The van der Waals surface area contributed by atoms with Crippen molar-refractivity contribution in [3.05, 3.63) is 11.7 Å². The molecule has 1 aromatic rings. The highest BCUT2D eigenvalue weighted by Gasteiger charge is 2.27. The fourth-order valence-electron chi connectivity index (χ4n) is 0.997. The van der Waals surface area contributed by atoms with E-state index in [2.05, 4.69) is 14.9 Å². The summed E-state index contributed by atoms with van der Waals surface area (Å²) >= 11 is 0. The van der Waals surface area contributed by atoms with Crippen LogP contribution in [0, 0.1) is 0 Å². The van der Waals surface area contributed by atoms with Crippen LogP contribution in [-0.4, -0.2) is 34.6 Å². The van der Waals surface area contributed by atoms with Gasteiger partial charge in [0.05, 0.1) is 6.04 Å². The molecule has 0 aliphatic heterocycles. The molecule has 0 aliphatic rings. The van der Waals surface area contributed by atoms with Gasteiger partial charge in [-0.15, -0.1) is 0 Å². The molecule has 3 N–H and O–H groups in total. The molecule has 0 spiro atoms. The van der Waals surface area contributed by atoms with E-state index in [1.54, 1.807) is 0 Å². The molecule has 1 unspecified atom stereocenters. The van der Waals surface area contributed by atoms with Gasteiger partial charge in [0.15, 0.2) is 5.82 Å². The maximum Gasteiger partial charge on any atom is 0.411 e. The molecule has 0 radical (unpaired) electrons. The number of aliphatic hydroxyl groups excluding tert-OH is 1. The van der Waals surface area contributed by atoms with E-state index in [0.717, 1.165) is 0 Å². The van der Waals surface area contributed by atoms with Gasteiger partial charge in [-0.1, -0.05) is 5.16 Å². The molecule has 98 valence electrons. The van der Waals surface area contributed by atoms with Crippen LogP contribution in [0.1, 0.15) is 24.2 Å². The molecule has 0 saturated carbocycles.